The molecule has 0 spiro atoms. The van der Waals surface area contributed by atoms with Crippen molar-refractivity contribution in [1.82, 2.24) is 0 Å². The summed E-state index contributed by atoms with van der Waals surface area (Å²) in [5.74, 6) is -0.342. The fraction of sp³-hybridized carbons (Fsp3) is 0. The van der Waals surface area contributed by atoms with Gasteiger partial charge >= 0.3 is 0 Å². The van der Waals surface area contributed by atoms with Crippen molar-refractivity contribution in [2.45, 2.75) is 0 Å². The van der Waals surface area contributed by atoms with E-state index in [-0.39, 0.29) is 11.5 Å². The van der Waals surface area contributed by atoms with Gasteiger partial charge in [0.1, 0.15) is 0 Å². The first kappa shape index (κ1) is 14.4. The van der Waals surface area contributed by atoms with Crippen LogP contribution in [-0.2, 0) is 0 Å². The molecule has 98 valence electrons. The molecule has 0 saturated heterocycles. The van der Waals surface area contributed by atoms with Crippen molar-refractivity contribution in [1.29, 1.82) is 0 Å². The van der Waals surface area contributed by atoms with E-state index >= 15 is 0 Å². The van der Waals surface area contributed by atoms with Crippen molar-refractivity contribution in [3.05, 3.63) is 55.9 Å². The van der Waals surface area contributed by atoms with Gasteiger partial charge in [-0.15, -0.1) is 0 Å². The minimum atomic E-state index is -0.342. The largest absolute Gasteiger partial charge is 0.398 e. The van der Waals surface area contributed by atoms with Crippen LogP contribution in [0.2, 0.25) is 5.02 Å². The second kappa shape index (κ2) is 5.94. The van der Waals surface area contributed by atoms with Crippen LogP contribution < -0.4 is 11.1 Å². The van der Waals surface area contributed by atoms with Crippen LogP contribution in [0.5, 0.6) is 0 Å². The lowest BCUT2D eigenvalue weighted by Gasteiger charge is -2.10. The highest BCUT2D eigenvalue weighted by Gasteiger charge is 2.15. The molecule has 0 fully saturated rings. The van der Waals surface area contributed by atoms with Gasteiger partial charge in [0.05, 0.1) is 16.3 Å². The topological polar surface area (TPSA) is 55.1 Å². The molecular formula is C13H9Br2ClN2O. The van der Waals surface area contributed by atoms with Crippen LogP contribution in [0.25, 0.3) is 0 Å². The van der Waals surface area contributed by atoms with Crippen LogP contribution in [0.4, 0.5) is 11.4 Å². The third kappa shape index (κ3) is 3.29. The maximum atomic E-state index is 12.2. The zero-order valence-electron chi connectivity index (χ0n) is 9.58. The van der Waals surface area contributed by atoms with Crippen LogP contribution in [0.15, 0.2) is 45.3 Å². The van der Waals surface area contributed by atoms with Gasteiger partial charge in [-0.25, -0.2) is 0 Å². The Morgan fingerprint density at radius 1 is 1.21 bits per heavy atom. The van der Waals surface area contributed by atoms with Crippen molar-refractivity contribution >= 4 is 60.7 Å². The molecule has 0 aliphatic heterocycles. The highest BCUT2D eigenvalue weighted by molar-refractivity contribution is 9.11. The highest BCUT2D eigenvalue weighted by atomic mass is 79.9. The second-order valence-electron chi connectivity index (χ2n) is 3.78. The van der Waals surface area contributed by atoms with E-state index in [2.05, 4.69) is 37.2 Å². The van der Waals surface area contributed by atoms with Gasteiger partial charge in [0.25, 0.3) is 5.91 Å². The molecule has 0 aromatic heterocycles. The van der Waals surface area contributed by atoms with Crippen molar-refractivity contribution in [3.8, 4) is 0 Å². The lowest BCUT2D eigenvalue weighted by Crippen LogP contribution is -2.15. The van der Waals surface area contributed by atoms with Crippen LogP contribution in [0.1, 0.15) is 10.4 Å². The summed E-state index contributed by atoms with van der Waals surface area (Å²) in [4.78, 5) is 12.2. The summed E-state index contributed by atoms with van der Waals surface area (Å²) >= 11 is 12.7. The molecule has 0 aliphatic rings. The summed E-state index contributed by atoms with van der Waals surface area (Å²) in [6.07, 6.45) is 0. The summed E-state index contributed by atoms with van der Waals surface area (Å²) < 4.78 is 1.68. The maximum absolute atomic E-state index is 12.2. The van der Waals surface area contributed by atoms with E-state index in [1.54, 1.807) is 24.3 Å². The SMILES string of the molecule is Nc1cccc(Cl)c1C(=O)Nc1ccc(Br)cc1Br. The minimum absolute atomic E-state index is 0.277. The summed E-state index contributed by atoms with van der Waals surface area (Å²) in [5.41, 5.74) is 7.04. The Hall–Kier alpha value is -1.04. The number of hydrogen-bond acceptors (Lipinski definition) is 2. The molecule has 2 rings (SSSR count). The van der Waals surface area contributed by atoms with Crippen LogP contribution in [0, 0.1) is 0 Å². The molecule has 0 aliphatic carbocycles. The van der Waals surface area contributed by atoms with Gasteiger partial charge in [-0.1, -0.05) is 33.6 Å². The number of anilines is 2. The molecule has 2 aromatic carbocycles. The fourth-order valence-electron chi connectivity index (χ4n) is 1.56. The Bertz CT molecular complexity index is 626. The number of nitrogen functional groups attached to an aromatic ring is 1. The van der Waals surface area contributed by atoms with Crippen molar-refractivity contribution < 1.29 is 4.79 Å². The van der Waals surface area contributed by atoms with Crippen LogP contribution >= 0.6 is 43.5 Å². The number of rotatable bonds is 2. The zero-order chi connectivity index (χ0) is 14.0. The van der Waals surface area contributed by atoms with E-state index in [0.29, 0.717) is 16.4 Å². The van der Waals surface area contributed by atoms with Crippen LogP contribution in [-0.4, -0.2) is 5.91 Å². The first-order valence-electron chi connectivity index (χ1n) is 5.29. The molecule has 19 heavy (non-hydrogen) atoms. The van der Waals surface area contributed by atoms with Crippen molar-refractivity contribution in [3.63, 3.8) is 0 Å². The van der Waals surface area contributed by atoms with Gasteiger partial charge in [0.15, 0.2) is 0 Å². The Morgan fingerprint density at radius 3 is 2.58 bits per heavy atom. The summed E-state index contributed by atoms with van der Waals surface area (Å²) in [5, 5.41) is 3.09. The molecule has 1 amide bonds. The molecule has 0 atom stereocenters. The van der Waals surface area contributed by atoms with Gasteiger partial charge < -0.3 is 11.1 Å². The average Bonchev–Trinajstić information content (AvgIpc) is 2.32. The predicted molar refractivity (Wildman–Crippen MR) is 85.7 cm³/mol. The third-order valence-corrected chi connectivity index (χ3v) is 3.92. The quantitative estimate of drug-likeness (QED) is 0.713. The van der Waals surface area contributed by atoms with Gasteiger partial charge in [0, 0.05) is 14.6 Å². The molecular weight excluding hydrogens is 395 g/mol. The Morgan fingerprint density at radius 2 is 1.95 bits per heavy atom. The first-order valence-corrected chi connectivity index (χ1v) is 7.26. The number of amides is 1. The minimum Gasteiger partial charge on any atom is -0.398 e. The van der Waals surface area contributed by atoms with E-state index in [4.69, 9.17) is 17.3 Å². The predicted octanol–water partition coefficient (Wildman–Crippen LogP) is 4.70. The molecule has 0 unspecified atom stereocenters. The molecule has 0 heterocycles. The standard InChI is InChI=1S/C13H9Br2ClN2O/c14-7-4-5-11(8(15)6-7)18-13(19)12-9(16)2-1-3-10(12)17/h1-6H,17H2,(H,18,19). The zero-order valence-corrected chi connectivity index (χ0v) is 13.5. The fourth-order valence-corrected chi connectivity index (χ4v) is 2.97. The highest BCUT2D eigenvalue weighted by Crippen LogP contribution is 2.28. The van der Waals surface area contributed by atoms with Gasteiger partial charge in [-0.3, -0.25) is 4.79 Å². The number of halogens is 3. The van der Waals surface area contributed by atoms with Gasteiger partial charge in [-0.2, -0.15) is 0 Å². The molecule has 2 aromatic rings. The van der Waals surface area contributed by atoms with E-state index in [1.807, 2.05) is 12.1 Å². The molecule has 3 nitrogen and oxygen atoms in total. The van der Waals surface area contributed by atoms with Gasteiger partial charge in [-0.05, 0) is 46.3 Å². The van der Waals surface area contributed by atoms with Crippen molar-refractivity contribution in [2.24, 2.45) is 0 Å². The number of nitrogens with two attached hydrogens (primary N) is 1. The molecule has 3 N–H and O–H groups in total. The lowest BCUT2D eigenvalue weighted by molar-refractivity contribution is 0.102. The normalized spacial score (nSPS) is 10.3. The van der Waals surface area contributed by atoms with E-state index in [0.717, 1.165) is 8.95 Å². The van der Waals surface area contributed by atoms with E-state index in [9.17, 15) is 4.79 Å². The maximum Gasteiger partial charge on any atom is 0.259 e. The van der Waals surface area contributed by atoms with Crippen molar-refractivity contribution in [2.75, 3.05) is 11.1 Å². The number of nitrogens with one attached hydrogen (secondary N) is 1. The summed E-state index contributed by atoms with van der Waals surface area (Å²) in [7, 11) is 0. The molecule has 0 radical (unpaired) electrons. The molecule has 0 saturated carbocycles. The monoisotopic (exact) mass is 402 g/mol. The van der Waals surface area contributed by atoms with E-state index in [1.165, 1.54) is 0 Å². The summed E-state index contributed by atoms with van der Waals surface area (Å²) in [6, 6.07) is 10.4. The Labute approximate surface area is 132 Å². The van der Waals surface area contributed by atoms with E-state index < -0.39 is 0 Å². The molecule has 0 bridgehead atoms. The lowest BCUT2D eigenvalue weighted by atomic mass is 10.1. The Balaban J connectivity index is 2.31. The van der Waals surface area contributed by atoms with Gasteiger partial charge in [0.2, 0.25) is 0 Å². The summed E-state index contributed by atoms with van der Waals surface area (Å²) in [6.45, 7) is 0. The smallest absolute Gasteiger partial charge is 0.259 e. The first-order chi connectivity index (χ1) is 8.99. The second-order valence-corrected chi connectivity index (χ2v) is 5.96. The number of benzene rings is 2. The van der Waals surface area contributed by atoms with Crippen LogP contribution in [0.3, 0.4) is 0 Å². The average molecular weight is 404 g/mol. The third-order valence-electron chi connectivity index (χ3n) is 2.45. The molecule has 6 heteroatoms. The Kier molecular flexibility index (Phi) is 4.50. The number of hydrogen-bond donors (Lipinski definition) is 2. The number of carbonyl (C=O) groups excluding carboxylic acids is 1. The number of carbonyl (C=O) groups is 1.